The van der Waals surface area contributed by atoms with Gasteiger partial charge < -0.3 is 14.2 Å². The van der Waals surface area contributed by atoms with Crippen molar-refractivity contribution >= 4 is 85.8 Å². The third-order valence-corrected chi connectivity index (χ3v) is 7.22. The Bertz CT molecular complexity index is 1150. The number of hydrogen-bond acceptors (Lipinski definition) is 6. The van der Waals surface area contributed by atoms with Gasteiger partial charge in [-0.25, -0.2) is 0 Å². The third kappa shape index (κ3) is 4.76. The van der Waals surface area contributed by atoms with E-state index in [1.807, 2.05) is 12.1 Å². The number of benzene rings is 2. The molecule has 1 fully saturated rings. The summed E-state index contributed by atoms with van der Waals surface area (Å²) >= 11 is 11.5. The molecule has 10 heteroatoms. The molecule has 6 nitrogen and oxygen atoms in total. The maximum atomic E-state index is 12.9. The van der Waals surface area contributed by atoms with E-state index in [0.29, 0.717) is 32.7 Å². The highest BCUT2D eigenvalue weighted by Crippen LogP contribution is 2.40. The van der Waals surface area contributed by atoms with Gasteiger partial charge in [-0.2, -0.15) is 0 Å². The Kier molecular flexibility index (Phi) is 6.90. The van der Waals surface area contributed by atoms with Gasteiger partial charge in [-0.05, 0) is 92.3 Å². The van der Waals surface area contributed by atoms with Crippen LogP contribution in [0.2, 0.25) is 5.02 Å². The summed E-state index contributed by atoms with van der Waals surface area (Å²) in [5.74, 6) is 3.85. The molecule has 4 rings (SSSR count). The highest BCUT2D eigenvalue weighted by Gasteiger charge is 2.35. The van der Waals surface area contributed by atoms with Crippen LogP contribution in [0.1, 0.15) is 11.1 Å². The first-order chi connectivity index (χ1) is 14.9. The smallest absolute Gasteiger partial charge is 0.293 e. The van der Waals surface area contributed by atoms with Gasteiger partial charge in [0, 0.05) is 11.1 Å². The van der Waals surface area contributed by atoms with Gasteiger partial charge in [0.1, 0.15) is 12.4 Å². The summed E-state index contributed by atoms with van der Waals surface area (Å²) in [7, 11) is 0. The monoisotopic (exact) mass is 679 g/mol. The van der Waals surface area contributed by atoms with Crippen LogP contribution in [0.3, 0.4) is 0 Å². The predicted octanol–water partition coefficient (Wildman–Crippen LogP) is 5.53. The van der Waals surface area contributed by atoms with E-state index in [0.717, 1.165) is 24.5 Å². The molecule has 0 atom stereocenters. The molecule has 2 amide bonds. The van der Waals surface area contributed by atoms with Gasteiger partial charge in [0.15, 0.2) is 11.5 Å². The van der Waals surface area contributed by atoms with Crippen LogP contribution in [-0.4, -0.2) is 29.4 Å². The predicted molar refractivity (Wildman–Crippen MR) is 135 cm³/mol. The maximum absolute atomic E-state index is 12.9. The summed E-state index contributed by atoms with van der Waals surface area (Å²) in [4.78, 5) is 26.9. The molecule has 0 N–H and O–H groups in total. The van der Waals surface area contributed by atoms with E-state index in [1.54, 1.807) is 18.2 Å². The Balaban J connectivity index is 1.56. The largest absolute Gasteiger partial charge is 0.479 e. The van der Waals surface area contributed by atoms with Crippen molar-refractivity contribution in [1.29, 1.82) is 0 Å². The molecule has 0 spiro atoms. The Morgan fingerprint density at radius 1 is 1.19 bits per heavy atom. The fraction of sp³-hybridized carbons (Fsp3) is 0.143. The number of halogens is 3. The number of imide groups is 1. The number of ether oxygens (including phenoxy) is 3. The summed E-state index contributed by atoms with van der Waals surface area (Å²) in [6.07, 6.45) is 6.96. The molecule has 158 valence electrons. The van der Waals surface area contributed by atoms with Gasteiger partial charge in [0.25, 0.3) is 11.1 Å². The molecule has 31 heavy (non-hydrogen) atoms. The number of terminal acetylenes is 1. The van der Waals surface area contributed by atoms with Crippen molar-refractivity contribution in [1.82, 2.24) is 4.90 Å². The third-order valence-electron chi connectivity index (χ3n) is 4.36. The van der Waals surface area contributed by atoms with Crippen LogP contribution in [0, 0.1) is 19.5 Å². The van der Waals surface area contributed by atoms with Crippen molar-refractivity contribution < 1.29 is 23.8 Å². The first kappa shape index (κ1) is 22.6. The Morgan fingerprint density at radius 2 is 1.87 bits per heavy atom. The lowest BCUT2D eigenvalue weighted by Crippen LogP contribution is -2.27. The minimum atomic E-state index is -0.374. The molecule has 0 aromatic heterocycles. The van der Waals surface area contributed by atoms with Gasteiger partial charge in [-0.1, -0.05) is 17.5 Å². The number of thioether (sulfide) groups is 1. The number of carbonyl (C=O) groups excluding carboxylic acids is 2. The molecule has 2 aromatic carbocycles. The molecular formula is C21H12ClI2NO5S. The van der Waals surface area contributed by atoms with E-state index in [1.165, 1.54) is 4.90 Å². The zero-order valence-corrected chi connectivity index (χ0v) is 21.5. The van der Waals surface area contributed by atoms with E-state index in [-0.39, 0.29) is 31.1 Å². The van der Waals surface area contributed by atoms with Crippen molar-refractivity contribution in [2.75, 3.05) is 13.4 Å². The maximum Gasteiger partial charge on any atom is 0.293 e. The molecule has 0 radical (unpaired) electrons. The lowest BCUT2D eigenvalue weighted by Gasteiger charge is -2.14. The molecule has 2 heterocycles. The molecule has 0 saturated carbocycles. The van der Waals surface area contributed by atoms with E-state index in [4.69, 9.17) is 32.2 Å². The van der Waals surface area contributed by atoms with Gasteiger partial charge in [-0.3, -0.25) is 14.5 Å². The fourth-order valence-corrected chi connectivity index (χ4v) is 6.13. The Hall–Kier alpha value is -1.62. The molecule has 2 aliphatic rings. The Morgan fingerprint density at radius 3 is 2.55 bits per heavy atom. The van der Waals surface area contributed by atoms with Crippen LogP contribution in [-0.2, 0) is 11.3 Å². The second-order valence-corrected chi connectivity index (χ2v) is 10.1. The average Bonchev–Trinajstić information content (AvgIpc) is 3.27. The second-order valence-electron chi connectivity index (χ2n) is 6.37. The highest BCUT2D eigenvalue weighted by atomic mass is 127. The normalized spacial score (nSPS) is 16.2. The quantitative estimate of drug-likeness (QED) is 0.236. The lowest BCUT2D eigenvalue weighted by molar-refractivity contribution is -0.123. The van der Waals surface area contributed by atoms with Crippen LogP contribution >= 0.6 is 68.5 Å². The molecule has 0 aliphatic carbocycles. The lowest BCUT2D eigenvalue weighted by atomic mass is 10.1. The standard InChI is InChI=1S/C21H12ClI2NO5S/c1-2-3-28-19-14(23)4-11(5-15(19)24)6-18-20(26)25(21(27)31-18)9-12-7-16-17(8-13(12)22)30-10-29-16/h1,4-8H,3,9-10H2/b18-6-. The van der Waals surface area contributed by atoms with Crippen molar-refractivity contribution in [3.05, 3.63) is 52.5 Å². The van der Waals surface area contributed by atoms with Crippen molar-refractivity contribution in [3.8, 4) is 29.6 Å². The van der Waals surface area contributed by atoms with Gasteiger partial charge in [0.05, 0.1) is 18.6 Å². The van der Waals surface area contributed by atoms with Crippen LogP contribution in [0.5, 0.6) is 17.2 Å². The zero-order valence-electron chi connectivity index (χ0n) is 15.6. The zero-order chi connectivity index (χ0) is 22.1. The molecular weight excluding hydrogens is 668 g/mol. The number of nitrogens with zero attached hydrogens (tertiary/aromatic N) is 1. The van der Waals surface area contributed by atoms with Gasteiger partial charge in [-0.15, -0.1) is 6.42 Å². The van der Waals surface area contributed by atoms with E-state index in [2.05, 4.69) is 51.1 Å². The van der Waals surface area contributed by atoms with Crippen molar-refractivity contribution in [3.63, 3.8) is 0 Å². The first-order valence-electron chi connectivity index (χ1n) is 8.76. The number of hydrogen-bond donors (Lipinski definition) is 0. The second kappa shape index (κ2) is 9.48. The molecule has 2 aliphatic heterocycles. The summed E-state index contributed by atoms with van der Waals surface area (Å²) in [6, 6.07) is 7.06. The molecule has 0 bridgehead atoms. The average molecular weight is 680 g/mol. The number of amides is 2. The fourth-order valence-electron chi connectivity index (χ4n) is 2.95. The Labute approximate surface area is 214 Å². The minimum absolute atomic E-state index is 0.0470. The molecule has 2 aromatic rings. The highest BCUT2D eigenvalue weighted by molar-refractivity contribution is 14.1. The molecule has 0 unspecified atom stereocenters. The van der Waals surface area contributed by atoms with Gasteiger partial charge in [0.2, 0.25) is 6.79 Å². The summed E-state index contributed by atoms with van der Waals surface area (Å²) in [6.45, 7) is 0.335. The van der Waals surface area contributed by atoms with Crippen molar-refractivity contribution in [2.45, 2.75) is 6.54 Å². The van der Waals surface area contributed by atoms with E-state index in [9.17, 15) is 9.59 Å². The van der Waals surface area contributed by atoms with Crippen LogP contribution in [0.15, 0.2) is 29.2 Å². The molecule has 1 saturated heterocycles. The minimum Gasteiger partial charge on any atom is -0.479 e. The van der Waals surface area contributed by atoms with Crippen LogP contribution in [0.4, 0.5) is 4.79 Å². The number of fused-ring (bicyclic) bond motifs is 1. The summed E-state index contributed by atoms with van der Waals surface area (Å²) in [5.41, 5.74) is 1.39. The summed E-state index contributed by atoms with van der Waals surface area (Å²) in [5, 5.41) is 0.0438. The first-order valence-corrected chi connectivity index (χ1v) is 12.1. The van der Waals surface area contributed by atoms with Crippen LogP contribution < -0.4 is 14.2 Å². The topological polar surface area (TPSA) is 65.1 Å². The van der Waals surface area contributed by atoms with Crippen molar-refractivity contribution in [2.24, 2.45) is 0 Å². The number of carbonyl (C=O) groups is 2. The van der Waals surface area contributed by atoms with Crippen LogP contribution in [0.25, 0.3) is 6.08 Å². The van der Waals surface area contributed by atoms with E-state index < -0.39 is 0 Å². The summed E-state index contributed by atoms with van der Waals surface area (Å²) < 4.78 is 17.9. The van der Waals surface area contributed by atoms with E-state index >= 15 is 0 Å². The number of rotatable bonds is 5. The van der Waals surface area contributed by atoms with Gasteiger partial charge >= 0.3 is 0 Å². The SMILES string of the molecule is C#CCOc1c(I)cc(/C=C2\SC(=O)N(Cc3cc4c(cc3Cl)OCO4)C2=O)cc1I.